The van der Waals surface area contributed by atoms with E-state index in [2.05, 4.69) is 59.5 Å². The second kappa shape index (κ2) is 13.4. The summed E-state index contributed by atoms with van der Waals surface area (Å²) in [7, 11) is 0. The van der Waals surface area contributed by atoms with Crippen molar-refractivity contribution >= 4 is 56.7 Å². The van der Waals surface area contributed by atoms with Crippen molar-refractivity contribution < 1.29 is 23.9 Å². The Kier molecular flexibility index (Phi) is 10.3. The Morgan fingerprint density at radius 3 is 2.08 bits per heavy atom. The molecule has 38 heavy (non-hydrogen) atoms. The van der Waals surface area contributed by atoms with Crippen LogP contribution in [0.2, 0.25) is 5.02 Å². The molecule has 0 spiro atoms. The first-order chi connectivity index (χ1) is 18.0. The van der Waals surface area contributed by atoms with E-state index in [0.29, 0.717) is 22.1 Å². The smallest absolute Gasteiger partial charge is 0.306 e. The summed E-state index contributed by atoms with van der Waals surface area (Å²) in [6.07, 6.45) is 0.436. The van der Waals surface area contributed by atoms with Crippen LogP contribution in [0, 0.1) is 0 Å². The molecule has 0 heterocycles. The number of esters is 1. The fraction of sp³-hybridized carbons (Fsp3) is 0.276. The number of ether oxygens (including phenoxy) is 2. The fourth-order valence-electron chi connectivity index (χ4n) is 3.38. The standard InChI is InChI=1S/C29H30BrClN2O5/c1-29(2,3)19-7-12-22(13-8-19)38-23-14-10-21(11-15-23)32-26(34)5-4-6-28(36)37-18-27(35)33-25-16-9-20(30)17-24(25)31/h7-17H,4-6,18H2,1-3H3,(H,32,34)(H,33,35). The Morgan fingerprint density at radius 2 is 1.47 bits per heavy atom. The molecule has 7 nitrogen and oxygen atoms in total. The van der Waals surface area contributed by atoms with Gasteiger partial charge in [0.1, 0.15) is 11.5 Å². The van der Waals surface area contributed by atoms with Crippen LogP contribution >= 0.6 is 27.5 Å². The fourth-order valence-corrected chi connectivity index (χ4v) is 4.10. The molecule has 0 fully saturated rings. The maximum atomic E-state index is 12.2. The molecule has 3 rings (SSSR count). The van der Waals surface area contributed by atoms with E-state index in [1.165, 1.54) is 5.56 Å². The highest BCUT2D eigenvalue weighted by molar-refractivity contribution is 9.10. The monoisotopic (exact) mass is 600 g/mol. The normalized spacial score (nSPS) is 11.0. The molecule has 2 N–H and O–H groups in total. The van der Waals surface area contributed by atoms with Crippen LogP contribution in [0.1, 0.15) is 45.6 Å². The number of halogens is 2. The van der Waals surface area contributed by atoms with Crippen LogP contribution in [0.3, 0.4) is 0 Å². The summed E-state index contributed by atoms with van der Waals surface area (Å²) in [5.41, 5.74) is 2.34. The molecule has 0 saturated carbocycles. The molecule has 0 aromatic heterocycles. The van der Waals surface area contributed by atoms with Crippen molar-refractivity contribution in [3.63, 3.8) is 0 Å². The molecule has 200 valence electrons. The first-order valence-electron chi connectivity index (χ1n) is 12.1. The van der Waals surface area contributed by atoms with E-state index >= 15 is 0 Å². The van der Waals surface area contributed by atoms with Crippen LogP contribution < -0.4 is 15.4 Å². The molecule has 0 unspecified atom stereocenters. The molecular formula is C29H30BrClN2O5. The summed E-state index contributed by atoms with van der Waals surface area (Å²) < 4.78 is 11.6. The van der Waals surface area contributed by atoms with E-state index < -0.39 is 18.5 Å². The number of hydrogen-bond acceptors (Lipinski definition) is 5. The van der Waals surface area contributed by atoms with Crippen molar-refractivity contribution in [2.45, 2.75) is 45.4 Å². The zero-order valence-corrected chi connectivity index (χ0v) is 23.8. The van der Waals surface area contributed by atoms with E-state index in [0.717, 1.165) is 10.2 Å². The van der Waals surface area contributed by atoms with Crippen molar-refractivity contribution in [1.29, 1.82) is 0 Å². The van der Waals surface area contributed by atoms with E-state index in [4.69, 9.17) is 21.1 Å². The lowest BCUT2D eigenvalue weighted by atomic mass is 9.87. The highest BCUT2D eigenvalue weighted by Crippen LogP contribution is 2.28. The van der Waals surface area contributed by atoms with Crippen molar-refractivity contribution in [1.82, 2.24) is 0 Å². The Balaban J connectivity index is 1.35. The van der Waals surface area contributed by atoms with Gasteiger partial charge in [0.2, 0.25) is 5.91 Å². The lowest BCUT2D eigenvalue weighted by molar-refractivity contribution is -0.147. The lowest BCUT2D eigenvalue weighted by Gasteiger charge is -2.19. The summed E-state index contributed by atoms with van der Waals surface area (Å²) in [6.45, 7) is 6.04. The van der Waals surface area contributed by atoms with Crippen LogP contribution in [0.4, 0.5) is 11.4 Å². The molecular weight excluding hydrogens is 572 g/mol. The summed E-state index contributed by atoms with van der Waals surface area (Å²) in [4.78, 5) is 36.1. The average molecular weight is 602 g/mol. The predicted octanol–water partition coefficient (Wildman–Crippen LogP) is 7.48. The summed E-state index contributed by atoms with van der Waals surface area (Å²) in [5, 5.41) is 5.73. The predicted molar refractivity (Wildman–Crippen MR) is 153 cm³/mol. The zero-order valence-electron chi connectivity index (χ0n) is 21.5. The molecule has 3 aromatic carbocycles. The minimum atomic E-state index is -0.563. The van der Waals surface area contributed by atoms with Crippen LogP contribution in [0.15, 0.2) is 71.2 Å². The number of carbonyl (C=O) groups is 3. The van der Waals surface area contributed by atoms with Gasteiger partial charge in [0.25, 0.3) is 5.91 Å². The van der Waals surface area contributed by atoms with Crippen LogP contribution in [-0.2, 0) is 24.5 Å². The van der Waals surface area contributed by atoms with Gasteiger partial charge < -0.3 is 20.1 Å². The molecule has 0 aliphatic heterocycles. The maximum Gasteiger partial charge on any atom is 0.306 e. The van der Waals surface area contributed by atoms with Crippen molar-refractivity contribution in [2.75, 3.05) is 17.2 Å². The Bertz CT molecular complexity index is 1270. The number of hydrogen-bond donors (Lipinski definition) is 2. The number of benzene rings is 3. The van der Waals surface area contributed by atoms with Crippen molar-refractivity contribution in [3.05, 3.63) is 81.8 Å². The Labute approximate surface area is 236 Å². The second-order valence-electron chi connectivity index (χ2n) is 9.64. The molecule has 0 atom stereocenters. The van der Waals surface area contributed by atoms with E-state index in [1.807, 2.05) is 12.1 Å². The summed E-state index contributed by atoms with van der Waals surface area (Å²) in [6, 6.07) is 20.0. The number of nitrogens with one attached hydrogen (secondary N) is 2. The number of anilines is 2. The van der Waals surface area contributed by atoms with Gasteiger partial charge in [-0.1, -0.05) is 60.4 Å². The molecule has 9 heteroatoms. The van der Waals surface area contributed by atoms with Crippen molar-refractivity contribution in [2.24, 2.45) is 0 Å². The van der Waals surface area contributed by atoms with Crippen LogP contribution in [0.25, 0.3) is 0 Å². The van der Waals surface area contributed by atoms with Gasteiger partial charge in [-0.3, -0.25) is 14.4 Å². The first kappa shape index (κ1) is 29.2. The minimum absolute atomic E-state index is 0.0144. The quantitative estimate of drug-likeness (QED) is 0.235. The average Bonchev–Trinajstić information content (AvgIpc) is 2.85. The Hall–Kier alpha value is -3.36. The molecule has 0 aliphatic rings. The van der Waals surface area contributed by atoms with Gasteiger partial charge >= 0.3 is 5.97 Å². The topological polar surface area (TPSA) is 93.7 Å². The molecule has 3 aromatic rings. The zero-order chi connectivity index (χ0) is 27.7. The van der Waals surface area contributed by atoms with Gasteiger partial charge in [0.15, 0.2) is 6.61 Å². The van der Waals surface area contributed by atoms with Gasteiger partial charge in [0, 0.05) is 23.0 Å². The first-order valence-corrected chi connectivity index (χ1v) is 13.3. The third kappa shape index (κ3) is 9.50. The SMILES string of the molecule is CC(C)(C)c1ccc(Oc2ccc(NC(=O)CCCC(=O)OCC(=O)Nc3ccc(Br)cc3Cl)cc2)cc1. The largest absolute Gasteiger partial charge is 0.457 e. The molecule has 0 bridgehead atoms. The summed E-state index contributed by atoms with van der Waals surface area (Å²) >= 11 is 9.34. The third-order valence-corrected chi connectivity index (χ3v) is 6.25. The van der Waals surface area contributed by atoms with Crippen LogP contribution in [0.5, 0.6) is 11.5 Å². The highest BCUT2D eigenvalue weighted by Gasteiger charge is 2.14. The van der Waals surface area contributed by atoms with Gasteiger partial charge in [-0.15, -0.1) is 0 Å². The van der Waals surface area contributed by atoms with Crippen LogP contribution in [-0.4, -0.2) is 24.4 Å². The molecule has 2 amide bonds. The number of carbonyl (C=O) groups excluding carboxylic acids is 3. The lowest BCUT2D eigenvalue weighted by Crippen LogP contribution is -2.21. The van der Waals surface area contributed by atoms with Crippen molar-refractivity contribution in [3.8, 4) is 11.5 Å². The van der Waals surface area contributed by atoms with E-state index in [9.17, 15) is 14.4 Å². The maximum absolute atomic E-state index is 12.2. The number of rotatable bonds is 10. The van der Waals surface area contributed by atoms with Gasteiger partial charge in [-0.2, -0.15) is 0 Å². The van der Waals surface area contributed by atoms with Gasteiger partial charge in [-0.25, -0.2) is 0 Å². The molecule has 0 saturated heterocycles. The molecule has 0 aliphatic carbocycles. The van der Waals surface area contributed by atoms with E-state index in [-0.39, 0.29) is 30.6 Å². The van der Waals surface area contributed by atoms with Gasteiger partial charge in [-0.05, 0) is 72.0 Å². The van der Waals surface area contributed by atoms with E-state index in [1.54, 1.807) is 42.5 Å². The molecule has 0 radical (unpaired) electrons. The third-order valence-electron chi connectivity index (χ3n) is 5.45. The highest BCUT2D eigenvalue weighted by atomic mass is 79.9. The second-order valence-corrected chi connectivity index (χ2v) is 11.0. The van der Waals surface area contributed by atoms with Gasteiger partial charge in [0.05, 0.1) is 10.7 Å². The number of amides is 2. The minimum Gasteiger partial charge on any atom is -0.457 e. The Morgan fingerprint density at radius 1 is 0.842 bits per heavy atom. The summed E-state index contributed by atoms with van der Waals surface area (Å²) in [5.74, 6) is 0.0883.